The number of carbonyl (C=O) groups is 2. The number of imide groups is 1. The molecule has 2 heterocycles. The van der Waals surface area contributed by atoms with E-state index in [0.717, 1.165) is 11.1 Å². The number of piperazine rings is 1. The summed E-state index contributed by atoms with van der Waals surface area (Å²) in [6.45, 7) is 3.56. The molecule has 1 N–H and O–H groups in total. The minimum Gasteiger partial charge on any atom is -0.295 e. The average Bonchev–Trinajstić information content (AvgIpc) is 2.31. The van der Waals surface area contributed by atoms with Crippen LogP contribution in [0.4, 0.5) is 4.39 Å². The molecule has 96 valence electrons. The van der Waals surface area contributed by atoms with E-state index in [1.54, 1.807) is 13.8 Å². The maximum atomic E-state index is 13.0. The molecule has 1 aromatic rings. The predicted octanol–water partition coefficient (Wildman–Crippen LogP) is 0.458. The lowest BCUT2D eigenvalue weighted by atomic mass is 10.00. The first-order chi connectivity index (χ1) is 8.40. The molecule has 1 saturated heterocycles. The number of hydrogen-bond acceptors (Lipinski definition) is 4. The van der Waals surface area contributed by atoms with Crippen LogP contribution in [0.2, 0.25) is 0 Å². The van der Waals surface area contributed by atoms with E-state index >= 15 is 0 Å². The van der Waals surface area contributed by atoms with Crippen molar-refractivity contribution in [2.75, 3.05) is 6.54 Å². The normalized spacial score (nSPS) is 19.2. The Morgan fingerprint density at radius 2 is 2.17 bits per heavy atom. The van der Waals surface area contributed by atoms with Crippen molar-refractivity contribution in [1.29, 1.82) is 0 Å². The molecule has 18 heavy (non-hydrogen) atoms. The molecule has 0 radical (unpaired) electrons. The predicted molar refractivity (Wildman–Crippen MR) is 61.8 cm³/mol. The van der Waals surface area contributed by atoms with Gasteiger partial charge in [-0.25, -0.2) is 4.39 Å². The maximum absolute atomic E-state index is 13.0. The smallest absolute Gasteiger partial charge is 0.249 e. The van der Waals surface area contributed by atoms with Gasteiger partial charge in [0.2, 0.25) is 11.8 Å². The van der Waals surface area contributed by atoms with Gasteiger partial charge in [0.15, 0.2) is 0 Å². The fourth-order valence-electron chi connectivity index (χ4n) is 1.80. The maximum Gasteiger partial charge on any atom is 0.249 e. The first-order valence-electron chi connectivity index (χ1n) is 5.59. The summed E-state index contributed by atoms with van der Waals surface area (Å²) in [6.07, 6.45) is 2.52. The number of halogens is 1. The molecule has 6 heteroatoms. The molecule has 1 aliphatic rings. The monoisotopic (exact) mass is 251 g/mol. The van der Waals surface area contributed by atoms with Gasteiger partial charge in [0, 0.05) is 6.20 Å². The summed E-state index contributed by atoms with van der Waals surface area (Å²) in [7, 11) is 0. The molecule has 0 bridgehead atoms. The molecule has 1 aliphatic heterocycles. The molecule has 2 amide bonds. The Balaban J connectivity index is 2.21. The van der Waals surface area contributed by atoms with E-state index in [9.17, 15) is 14.0 Å². The molecule has 1 aromatic heterocycles. The van der Waals surface area contributed by atoms with Gasteiger partial charge in [0.25, 0.3) is 0 Å². The van der Waals surface area contributed by atoms with Crippen molar-refractivity contribution >= 4 is 11.8 Å². The van der Waals surface area contributed by atoms with Crippen LogP contribution in [0.15, 0.2) is 18.5 Å². The number of amides is 2. The lowest BCUT2D eigenvalue weighted by Crippen LogP contribution is -2.63. The zero-order valence-electron chi connectivity index (χ0n) is 10.2. The number of hydrogen-bond donors (Lipinski definition) is 1. The minimum absolute atomic E-state index is 0.0491. The molecule has 0 unspecified atom stereocenters. The van der Waals surface area contributed by atoms with E-state index < -0.39 is 11.4 Å². The number of nitrogens with one attached hydrogen (secondary N) is 1. The van der Waals surface area contributed by atoms with E-state index in [1.807, 2.05) is 0 Å². The van der Waals surface area contributed by atoms with Gasteiger partial charge in [-0.3, -0.25) is 24.8 Å². The highest BCUT2D eigenvalue weighted by atomic mass is 19.1. The summed E-state index contributed by atoms with van der Waals surface area (Å²) in [4.78, 5) is 28.6. The summed E-state index contributed by atoms with van der Waals surface area (Å²) >= 11 is 0. The second-order valence-electron chi connectivity index (χ2n) is 4.77. The highest BCUT2D eigenvalue weighted by Gasteiger charge is 2.39. The second-order valence-corrected chi connectivity index (χ2v) is 4.77. The Kier molecular flexibility index (Phi) is 3.13. The quantitative estimate of drug-likeness (QED) is 0.776. The van der Waals surface area contributed by atoms with Crippen LogP contribution in [0.3, 0.4) is 0 Å². The summed E-state index contributed by atoms with van der Waals surface area (Å²) in [5.41, 5.74) is -0.288. The van der Waals surface area contributed by atoms with Crippen molar-refractivity contribution in [3.63, 3.8) is 0 Å². The Morgan fingerprint density at radius 3 is 2.83 bits per heavy atom. The molecule has 2 rings (SSSR count). The highest BCUT2D eigenvalue weighted by Crippen LogP contribution is 2.16. The zero-order chi connectivity index (χ0) is 13.3. The fourth-order valence-corrected chi connectivity index (χ4v) is 1.80. The Hall–Kier alpha value is -1.82. The van der Waals surface area contributed by atoms with Gasteiger partial charge in [0.1, 0.15) is 5.82 Å². The Bertz CT molecular complexity index is 502. The fraction of sp³-hybridized carbons (Fsp3) is 0.417. The second kappa shape index (κ2) is 4.45. The van der Waals surface area contributed by atoms with Crippen LogP contribution < -0.4 is 5.32 Å². The standard InChI is InChI=1S/C12H14FN3O2/c1-12(2)11(18)16(10(17)6-15-12)7-8-3-9(13)5-14-4-8/h3-5,15H,6-7H2,1-2H3. The van der Waals surface area contributed by atoms with Crippen molar-refractivity contribution in [1.82, 2.24) is 15.2 Å². The van der Waals surface area contributed by atoms with Crippen LogP contribution in [0.5, 0.6) is 0 Å². The van der Waals surface area contributed by atoms with Crippen molar-refractivity contribution in [2.45, 2.75) is 25.9 Å². The van der Waals surface area contributed by atoms with E-state index in [4.69, 9.17) is 0 Å². The van der Waals surface area contributed by atoms with Crippen LogP contribution in [-0.2, 0) is 16.1 Å². The van der Waals surface area contributed by atoms with Gasteiger partial charge >= 0.3 is 0 Å². The van der Waals surface area contributed by atoms with E-state index in [0.29, 0.717) is 5.56 Å². The van der Waals surface area contributed by atoms with Crippen LogP contribution in [-0.4, -0.2) is 33.8 Å². The molecule has 0 aliphatic carbocycles. The Labute approximate surface area is 104 Å². The lowest BCUT2D eigenvalue weighted by Gasteiger charge is -2.36. The van der Waals surface area contributed by atoms with E-state index in [1.165, 1.54) is 12.3 Å². The number of carbonyl (C=O) groups excluding carboxylic acids is 2. The summed E-state index contributed by atoms with van der Waals surface area (Å²) in [5.74, 6) is -1.12. The summed E-state index contributed by atoms with van der Waals surface area (Å²) in [5, 5.41) is 2.85. The zero-order valence-corrected chi connectivity index (χ0v) is 10.2. The minimum atomic E-state index is -0.783. The van der Waals surface area contributed by atoms with Gasteiger partial charge in [-0.2, -0.15) is 0 Å². The molecule has 0 atom stereocenters. The van der Waals surface area contributed by atoms with Gasteiger partial charge in [-0.1, -0.05) is 0 Å². The third-order valence-corrected chi connectivity index (χ3v) is 2.86. The Morgan fingerprint density at radius 1 is 1.44 bits per heavy atom. The van der Waals surface area contributed by atoms with Crippen molar-refractivity contribution in [3.05, 3.63) is 29.8 Å². The number of pyridine rings is 1. The van der Waals surface area contributed by atoms with Crippen LogP contribution in [0.1, 0.15) is 19.4 Å². The third-order valence-electron chi connectivity index (χ3n) is 2.86. The molecule has 0 saturated carbocycles. The molecular formula is C12H14FN3O2. The van der Waals surface area contributed by atoms with Gasteiger partial charge in [-0.15, -0.1) is 0 Å². The SMILES string of the molecule is CC1(C)NCC(=O)N(Cc2cncc(F)c2)C1=O. The molecular weight excluding hydrogens is 237 g/mol. The summed E-state index contributed by atoms with van der Waals surface area (Å²) < 4.78 is 13.0. The van der Waals surface area contributed by atoms with Gasteiger partial charge < -0.3 is 0 Å². The molecule has 0 aromatic carbocycles. The number of rotatable bonds is 2. The first-order valence-corrected chi connectivity index (χ1v) is 5.59. The van der Waals surface area contributed by atoms with Crippen LogP contribution in [0, 0.1) is 5.82 Å². The summed E-state index contributed by atoms with van der Waals surface area (Å²) in [6, 6.07) is 1.27. The van der Waals surface area contributed by atoms with Gasteiger partial charge in [-0.05, 0) is 25.5 Å². The van der Waals surface area contributed by atoms with E-state index in [2.05, 4.69) is 10.3 Å². The molecule has 0 spiro atoms. The highest BCUT2D eigenvalue weighted by molar-refractivity contribution is 6.02. The van der Waals surface area contributed by atoms with Gasteiger partial charge in [0.05, 0.1) is 24.8 Å². The van der Waals surface area contributed by atoms with Crippen LogP contribution >= 0.6 is 0 Å². The van der Waals surface area contributed by atoms with Crippen LogP contribution in [0.25, 0.3) is 0 Å². The molecule has 1 fully saturated rings. The van der Waals surface area contributed by atoms with Crippen molar-refractivity contribution in [3.8, 4) is 0 Å². The largest absolute Gasteiger partial charge is 0.295 e. The molecule has 5 nitrogen and oxygen atoms in total. The van der Waals surface area contributed by atoms with Crippen molar-refractivity contribution < 1.29 is 14.0 Å². The first kappa shape index (κ1) is 12.6. The third kappa shape index (κ3) is 2.38. The topological polar surface area (TPSA) is 62.3 Å². The average molecular weight is 251 g/mol. The van der Waals surface area contributed by atoms with E-state index in [-0.39, 0.29) is 24.9 Å². The number of aromatic nitrogens is 1. The van der Waals surface area contributed by atoms with Crippen molar-refractivity contribution in [2.24, 2.45) is 0 Å². The number of nitrogens with zero attached hydrogens (tertiary/aromatic N) is 2. The lowest BCUT2D eigenvalue weighted by molar-refractivity contribution is -0.153.